The Morgan fingerprint density at radius 2 is 0.958 bits per heavy atom. The molecule has 0 spiro atoms. The standard InChI is InChI=1S/C32H46O16/c1-43-21-9-15(3-5-19(21)35)7-17(13-45-31-29(41)27(39)25(37)23(11-33)47-31)18(8-16-4-6-20(36)22(10-16)44-2)14-46-32-30(42)28(40)26(38)24(12-34)48-32/h3-6,9-10,17-18,23-42H,7-8,11-14H2,1-2H3/t17-,18-,23-,24-,25+,26+,27+,28+,29-,30-,31+,32+/m0/s1. The molecule has 16 nitrogen and oxygen atoms in total. The minimum atomic E-state index is -1.67. The Bertz CT molecular complexity index is 1200. The number of ether oxygens (including phenoxy) is 6. The van der Waals surface area contributed by atoms with Gasteiger partial charge >= 0.3 is 0 Å². The van der Waals surface area contributed by atoms with Crippen molar-refractivity contribution in [2.75, 3.05) is 40.6 Å². The summed E-state index contributed by atoms with van der Waals surface area (Å²) in [6.07, 6.45) is -14.7. The largest absolute Gasteiger partial charge is 0.504 e. The summed E-state index contributed by atoms with van der Waals surface area (Å²) in [5, 5.41) is 102. The molecule has 16 heteroatoms. The van der Waals surface area contributed by atoms with Gasteiger partial charge in [-0.05, 0) is 60.1 Å². The minimum Gasteiger partial charge on any atom is -0.504 e. The molecule has 2 aliphatic heterocycles. The maximum Gasteiger partial charge on any atom is 0.186 e. The number of aliphatic hydroxyl groups is 8. The highest BCUT2D eigenvalue weighted by molar-refractivity contribution is 5.43. The second kappa shape index (κ2) is 17.2. The Balaban J connectivity index is 1.66. The zero-order valence-electron chi connectivity index (χ0n) is 26.6. The summed E-state index contributed by atoms with van der Waals surface area (Å²) in [4.78, 5) is 0. The minimum absolute atomic E-state index is 0.0888. The van der Waals surface area contributed by atoms with Crippen LogP contribution in [-0.2, 0) is 31.8 Å². The number of phenols is 2. The predicted octanol–water partition coefficient (Wildman–Crippen LogP) is -2.23. The third kappa shape index (κ3) is 8.84. The fourth-order valence-electron chi connectivity index (χ4n) is 5.87. The van der Waals surface area contributed by atoms with Gasteiger partial charge in [-0.1, -0.05) is 12.1 Å². The number of rotatable bonds is 15. The predicted molar refractivity (Wildman–Crippen MR) is 163 cm³/mol. The number of methoxy groups -OCH3 is 2. The fraction of sp³-hybridized carbons (Fsp3) is 0.625. The first kappa shape index (κ1) is 38.0. The lowest BCUT2D eigenvalue weighted by atomic mass is 9.83. The fourth-order valence-corrected chi connectivity index (χ4v) is 5.87. The molecule has 0 bridgehead atoms. The number of benzene rings is 2. The molecular formula is C32H46O16. The summed E-state index contributed by atoms with van der Waals surface area (Å²) in [5.74, 6) is -0.854. The second-order valence-electron chi connectivity index (χ2n) is 12.0. The molecule has 2 heterocycles. The van der Waals surface area contributed by atoms with Crippen molar-refractivity contribution in [2.24, 2.45) is 11.8 Å². The number of phenolic OH excluding ortho intramolecular Hbond substituents is 2. The molecule has 10 N–H and O–H groups in total. The highest BCUT2D eigenvalue weighted by Gasteiger charge is 2.46. The molecular weight excluding hydrogens is 640 g/mol. The third-order valence-corrected chi connectivity index (χ3v) is 8.80. The van der Waals surface area contributed by atoms with Gasteiger partial charge in [0, 0.05) is 0 Å². The van der Waals surface area contributed by atoms with Crippen LogP contribution in [-0.4, -0.2) is 153 Å². The van der Waals surface area contributed by atoms with Gasteiger partial charge in [0.05, 0.1) is 40.6 Å². The van der Waals surface area contributed by atoms with Crippen LogP contribution >= 0.6 is 0 Å². The number of aromatic hydroxyl groups is 2. The molecule has 0 unspecified atom stereocenters. The third-order valence-electron chi connectivity index (χ3n) is 8.80. The Labute approximate surface area is 276 Å². The van der Waals surface area contributed by atoms with Crippen LogP contribution in [0.25, 0.3) is 0 Å². The van der Waals surface area contributed by atoms with E-state index >= 15 is 0 Å². The van der Waals surface area contributed by atoms with Crippen molar-refractivity contribution in [1.29, 1.82) is 0 Å². The summed E-state index contributed by atoms with van der Waals surface area (Å²) in [5.41, 5.74) is 1.38. The van der Waals surface area contributed by atoms with E-state index in [1.807, 2.05) is 0 Å². The average molecular weight is 687 g/mol. The summed E-state index contributed by atoms with van der Waals surface area (Å²) in [6, 6.07) is 9.47. The van der Waals surface area contributed by atoms with Crippen molar-refractivity contribution < 1.29 is 79.5 Å². The molecule has 2 aromatic rings. The zero-order chi connectivity index (χ0) is 35.1. The molecule has 2 saturated heterocycles. The Kier molecular flexibility index (Phi) is 13.6. The Morgan fingerprint density at radius 1 is 0.583 bits per heavy atom. The van der Waals surface area contributed by atoms with E-state index in [4.69, 9.17) is 28.4 Å². The monoisotopic (exact) mass is 686 g/mol. The van der Waals surface area contributed by atoms with E-state index in [1.54, 1.807) is 24.3 Å². The van der Waals surface area contributed by atoms with Crippen molar-refractivity contribution in [3.8, 4) is 23.0 Å². The van der Waals surface area contributed by atoms with E-state index in [0.29, 0.717) is 11.1 Å². The van der Waals surface area contributed by atoms with E-state index < -0.39 is 86.5 Å². The van der Waals surface area contributed by atoms with Crippen LogP contribution in [0.15, 0.2) is 36.4 Å². The van der Waals surface area contributed by atoms with Crippen LogP contribution in [0.1, 0.15) is 11.1 Å². The van der Waals surface area contributed by atoms with Crippen LogP contribution < -0.4 is 9.47 Å². The van der Waals surface area contributed by atoms with Crippen LogP contribution in [0.2, 0.25) is 0 Å². The van der Waals surface area contributed by atoms with Gasteiger partial charge in [0.25, 0.3) is 0 Å². The molecule has 0 aromatic heterocycles. The quantitative estimate of drug-likeness (QED) is 0.0951. The van der Waals surface area contributed by atoms with Gasteiger partial charge in [-0.25, -0.2) is 0 Å². The highest BCUT2D eigenvalue weighted by Crippen LogP contribution is 2.34. The van der Waals surface area contributed by atoms with Crippen molar-refractivity contribution in [2.45, 2.75) is 74.3 Å². The highest BCUT2D eigenvalue weighted by atomic mass is 16.7. The molecule has 48 heavy (non-hydrogen) atoms. The van der Waals surface area contributed by atoms with Gasteiger partial charge in [-0.15, -0.1) is 0 Å². The number of hydrogen-bond acceptors (Lipinski definition) is 16. The number of aliphatic hydroxyl groups excluding tert-OH is 8. The van der Waals surface area contributed by atoms with Gasteiger partial charge in [0.2, 0.25) is 0 Å². The number of hydrogen-bond donors (Lipinski definition) is 10. The Hall–Kier alpha value is -2.84. The SMILES string of the molecule is COc1cc(C[C@@H](CO[C@@H]2O[C@@H](CO)[C@@H](O)[C@@H](O)[C@@H]2O)[C@H](CO[C@@H]2O[C@@H](CO)[C@@H](O)[C@@H](O)[C@@H]2O)Cc2ccc(O)c(OC)c2)ccc1O. The van der Waals surface area contributed by atoms with Crippen LogP contribution in [0.5, 0.6) is 23.0 Å². The summed E-state index contributed by atoms with van der Waals surface area (Å²) < 4.78 is 33.6. The Morgan fingerprint density at radius 3 is 1.29 bits per heavy atom. The van der Waals surface area contributed by atoms with Crippen LogP contribution in [0, 0.1) is 11.8 Å². The smallest absolute Gasteiger partial charge is 0.186 e. The molecule has 2 aliphatic rings. The van der Waals surface area contributed by atoms with Gasteiger partial charge < -0.3 is 79.5 Å². The van der Waals surface area contributed by atoms with E-state index in [1.165, 1.54) is 26.4 Å². The second-order valence-corrected chi connectivity index (χ2v) is 12.0. The van der Waals surface area contributed by atoms with Crippen LogP contribution in [0.4, 0.5) is 0 Å². The van der Waals surface area contributed by atoms with Crippen molar-refractivity contribution in [3.63, 3.8) is 0 Å². The molecule has 2 fully saturated rings. The maximum absolute atomic E-state index is 10.6. The molecule has 4 rings (SSSR count). The van der Waals surface area contributed by atoms with E-state index in [9.17, 15) is 51.1 Å². The first-order valence-electron chi connectivity index (χ1n) is 15.5. The normalized spacial score (nSPS) is 32.0. The van der Waals surface area contributed by atoms with E-state index in [-0.39, 0.29) is 49.1 Å². The molecule has 12 atom stereocenters. The lowest BCUT2D eigenvalue weighted by molar-refractivity contribution is -0.308. The van der Waals surface area contributed by atoms with E-state index in [2.05, 4.69) is 0 Å². The van der Waals surface area contributed by atoms with Gasteiger partial charge in [-0.2, -0.15) is 0 Å². The van der Waals surface area contributed by atoms with Crippen molar-refractivity contribution in [1.82, 2.24) is 0 Å². The first-order chi connectivity index (χ1) is 22.9. The van der Waals surface area contributed by atoms with Crippen LogP contribution in [0.3, 0.4) is 0 Å². The van der Waals surface area contributed by atoms with E-state index in [0.717, 1.165) is 0 Å². The molecule has 0 amide bonds. The summed E-state index contributed by atoms with van der Waals surface area (Å²) in [6.45, 7) is -1.63. The van der Waals surface area contributed by atoms with Gasteiger partial charge in [0.15, 0.2) is 35.6 Å². The summed E-state index contributed by atoms with van der Waals surface area (Å²) in [7, 11) is 2.79. The molecule has 2 aromatic carbocycles. The summed E-state index contributed by atoms with van der Waals surface area (Å²) >= 11 is 0. The first-order valence-corrected chi connectivity index (χ1v) is 15.5. The van der Waals surface area contributed by atoms with Gasteiger partial charge in [-0.3, -0.25) is 0 Å². The van der Waals surface area contributed by atoms with Gasteiger partial charge in [0.1, 0.15) is 48.8 Å². The van der Waals surface area contributed by atoms with Crippen molar-refractivity contribution in [3.05, 3.63) is 47.5 Å². The average Bonchev–Trinajstić information content (AvgIpc) is 3.09. The molecule has 270 valence electrons. The molecule has 0 radical (unpaired) electrons. The molecule has 0 aliphatic carbocycles. The lowest BCUT2D eigenvalue weighted by Gasteiger charge is -2.41. The lowest BCUT2D eigenvalue weighted by Crippen LogP contribution is -2.59. The van der Waals surface area contributed by atoms with Crippen molar-refractivity contribution >= 4 is 0 Å². The zero-order valence-corrected chi connectivity index (χ0v) is 26.6. The topological polar surface area (TPSA) is 258 Å². The maximum atomic E-state index is 10.6. The molecule has 0 saturated carbocycles.